The Kier molecular flexibility index (Phi) is 13.9. The monoisotopic (exact) mass is 727 g/mol. The van der Waals surface area contributed by atoms with Crippen LogP contribution in [0.15, 0.2) is 30.3 Å². The molecule has 0 heterocycles. The van der Waals surface area contributed by atoms with Crippen LogP contribution in [0.25, 0.3) is 6.08 Å². The van der Waals surface area contributed by atoms with Crippen molar-refractivity contribution in [3.8, 4) is 34.5 Å². The fourth-order valence-corrected chi connectivity index (χ4v) is 6.78. The second-order valence-corrected chi connectivity index (χ2v) is 13.8. The first kappa shape index (κ1) is 40.0. The normalized spacial score (nSPS) is 20.3. The minimum atomic E-state index is -0.667. The molecular formula is C39H53NO12. The lowest BCUT2D eigenvalue weighted by atomic mass is 9.87. The van der Waals surface area contributed by atoms with E-state index >= 15 is 0 Å². The smallest absolute Gasteiger partial charge is 0.410 e. The highest BCUT2D eigenvalue weighted by molar-refractivity contribution is 5.91. The van der Waals surface area contributed by atoms with Crippen LogP contribution in [0.2, 0.25) is 0 Å². The molecule has 2 saturated carbocycles. The van der Waals surface area contributed by atoms with Crippen molar-refractivity contribution in [2.24, 2.45) is 0 Å². The molecule has 2 aromatic rings. The highest BCUT2D eigenvalue weighted by Gasteiger charge is 2.39. The summed E-state index contributed by atoms with van der Waals surface area (Å²) in [5.41, 5.74) is 0.314. The standard InChI is InChI=1S/C39H53NO12/c1-39(2,3)52-38(43)40(27-13-17-29(18-14-27)51-37(42)25-22-32(46-6)36(49-9)33(23-25)47-7)26-11-15-28(16-12-26)50-34(41)19-10-24-20-30(44-4)35(48-8)31(21-24)45-5/h10,19-23,26-29H,11-18H2,1-9H3/b19-10+. The zero-order chi connectivity index (χ0) is 38.0. The summed E-state index contributed by atoms with van der Waals surface area (Å²) >= 11 is 0. The Morgan fingerprint density at radius 2 is 1.04 bits per heavy atom. The highest BCUT2D eigenvalue weighted by Crippen LogP contribution is 2.40. The Labute approximate surface area is 306 Å². The second-order valence-electron chi connectivity index (χ2n) is 13.8. The Morgan fingerprint density at radius 1 is 0.615 bits per heavy atom. The summed E-state index contributed by atoms with van der Waals surface area (Å²) in [6.07, 6.45) is 7.06. The Balaban J connectivity index is 1.36. The van der Waals surface area contributed by atoms with Crippen LogP contribution in [0, 0.1) is 0 Å². The van der Waals surface area contributed by atoms with Crippen LogP contribution in [-0.4, -0.2) is 95.5 Å². The van der Waals surface area contributed by atoms with Crippen LogP contribution in [0.4, 0.5) is 4.79 Å². The number of benzene rings is 2. The molecule has 2 aliphatic carbocycles. The van der Waals surface area contributed by atoms with Crippen molar-refractivity contribution in [2.45, 2.75) is 102 Å². The fourth-order valence-electron chi connectivity index (χ4n) is 6.78. The van der Waals surface area contributed by atoms with Crippen LogP contribution in [0.3, 0.4) is 0 Å². The van der Waals surface area contributed by atoms with Crippen LogP contribution < -0.4 is 28.4 Å². The molecule has 13 heteroatoms. The van der Waals surface area contributed by atoms with Gasteiger partial charge in [0.15, 0.2) is 23.0 Å². The molecule has 0 radical (unpaired) electrons. The minimum absolute atomic E-state index is 0.0806. The van der Waals surface area contributed by atoms with E-state index in [9.17, 15) is 14.4 Å². The minimum Gasteiger partial charge on any atom is -0.493 e. The third-order valence-corrected chi connectivity index (χ3v) is 9.23. The van der Waals surface area contributed by atoms with Crippen molar-refractivity contribution in [1.29, 1.82) is 0 Å². The molecule has 4 rings (SSSR count). The molecule has 0 saturated heterocycles. The zero-order valence-electron chi connectivity index (χ0n) is 31.8. The van der Waals surface area contributed by atoms with Gasteiger partial charge in [-0.3, -0.25) is 0 Å². The molecule has 2 aromatic carbocycles. The Hall–Kier alpha value is -4.81. The lowest BCUT2D eigenvalue weighted by Gasteiger charge is -2.43. The summed E-state index contributed by atoms with van der Waals surface area (Å²) in [5, 5.41) is 0. The highest BCUT2D eigenvalue weighted by atomic mass is 16.6. The van der Waals surface area contributed by atoms with E-state index in [1.165, 1.54) is 48.7 Å². The van der Waals surface area contributed by atoms with Crippen molar-refractivity contribution in [3.63, 3.8) is 0 Å². The number of hydrogen-bond acceptors (Lipinski definition) is 12. The van der Waals surface area contributed by atoms with Gasteiger partial charge in [0.25, 0.3) is 0 Å². The van der Waals surface area contributed by atoms with Gasteiger partial charge in [0.1, 0.15) is 17.8 Å². The maximum atomic E-state index is 13.6. The first-order valence-electron chi connectivity index (χ1n) is 17.6. The SMILES string of the molecule is COc1cc(/C=C/C(=O)OC2CCC(N(C(=O)OC(C)(C)C)C3CCC(OC(=O)c4cc(OC)c(OC)c(OC)c4)CC3)CC2)cc(OC)c1OC. The summed E-state index contributed by atoms with van der Waals surface area (Å²) in [4.78, 5) is 41.5. The second kappa shape index (κ2) is 18.1. The van der Waals surface area contributed by atoms with E-state index < -0.39 is 17.5 Å². The topological polar surface area (TPSA) is 138 Å². The molecule has 0 spiro atoms. The summed E-state index contributed by atoms with van der Waals surface area (Å²) in [6.45, 7) is 5.56. The maximum absolute atomic E-state index is 13.6. The van der Waals surface area contributed by atoms with Crippen molar-refractivity contribution >= 4 is 24.1 Å². The predicted octanol–water partition coefficient (Wildman–Crippen LogP) is 7.01. The first-order valence-corrected chi connectivity index (χ1v) is 17.6. The molecule has 0 bridgehead atoms. The quantitative estimate of drug-likeness (QED) is 0.119. The zero-order valence-corrected chi connectivity index (χ0v) is 31.8. The van der Waals surface area contributed by atoms with E-state index in [2.05, 4.69) is 0 Å². The lowest BCUT2D eigenvalue weighted by molar-refractivity contribution is -0.145. The molecule has 0 N–H and O–H groups in total. The molecular weight excluding hydrogens is 674 g/mol. The fraction of sp³-hybridized carbons (Fsp3) is 0.564. The van der Waals surface area contributed by atoms with Gasteiger partial charge in [-0.1, -0.05) is 0 Å². The molecule has 13 nitrogen and oxygen atoms in total. The number of nitrogens with zero attached hydrogens (tertiary/aromatic N) is 1. The molecule has 2 fully saturated rings. The predicted molar refractivity (Wildman–Crippen MR) is 193 cm³/mol. The van der Waals surface area contributed by atoms with Gasteiger partial charge in [-0.15, -0.1) is 0 Å². The van der Waals surface area contributed by atoms with E-state index in [4.69, 9.17) is 42.6 Å². The molecule has 0 unspecified atom stereocenters. The van der Waals surface area contributed by atoms with E-state index in [1.54, 1.807) is 30.3 Å². The Bertz CT molecular complexity index is 1520. The average Bonchev–Trinajstić information content (AvgIpc) is 3.13. The average molecular weight is 728 g/mol. The van der Waals surface area contributed by atoms with Crippen molar-refractivity contribution in [3.05, 3.63) is 41.5 Å². The summed E-state index contributed by atoms with van der Waals surface area (Å²) in [5.74, 6) is 1.59. The number of amides is 1. The van der Waals surface area contributed by atoms with Gasteiger partial charge in [-0.2, -0.15) is 0 Å². The molecule has 0 aromatic heterocycles. The van der Waals surface area contributed by atoms with Crippen LogP contribution in [-0.2, 0) is 19.0 Å². The summed E-state index contributed by atoms with van der Waals surface area (Å²) < 4.78 is 49.9. The van der Waals surface area contributed by atoms with Crippen molar-refractivity contribution in [1.82, 2.24) is 4.90 Å². The largest absolute Gasteiger partial charge is 0.493 e. The number of esters is 2. The number of rotatable bonds is 13. The van der Waals surface area contributed by atoms with E-state index in [-0.39, 0.29) is 30.4 Å². The first-order chi connectivity index (χ1) is 24.8. The Morgan fingerprint density at radius 3 is 1.44 bits per heavy atom. The number of methoxy groups -OCH3 is 6. The van der Waals surface area contributed by atoms with Crippen LogP contribution in [0.5, 0.6) is 34.5 Å². The van der Waals surface area contributed by atoms with Crippen molar-refractivity contribution < 1.29 is 57.0 Å². The number of carbonyl (C=O) groups excluding carboxylic acids is 3. The lowest BCUT2D eigenvalue weighted by Crippen LogP contribution is -2.52. The molecule has 1 amide bonds. The van der Waals surface area contributed by atoms with E-state index in [0.29, 0.717) is 97.0 Å². The number of hydrogen-bond donors (Lipinski definition) is 0. The third kappa shape index (κ3) is 10.2. The molecule has 52 heavy (non-hydrogen) atoms. The van der Waals surface area contributed by atoms with Gasteiger partial charge in [0.2, 0.25) is 11.5 Å². The maximum Gasteiger partial charge on any atom is 0.410 e. The van der Waals surface area contributed by atoms with Gasteiger partial charge in [0, 0.05) is 18.2 Å². The van der Waals surface area contributed by atoms with Gasteiger partial charge in [0.05, 0.1) is 48.2 Å². The van der Waals surface area contributed by atoms with Gasteiger partial charge >= 0.3 is 18.0 Å². The summed E-state index contributed by atoms with van der Waals surface area (Å²) in [6, 6.07) is 6.46. The van der Waals surface area contributed by atoms with E-state index in [0.717, 1.165) is 0 Å². The molecule has 2 aliphatic rings. The molecule has 0 aliphatic heterocycles. The van der Waals surface area contributed by atoms with Crippen LogP contribution >= 0.6 is 0 Å². The van der Waals surface area contributed by atoms with Gasteiger partial charge < -0.3 is 47.5 Å². The summed E-state index contributed by atoms with van der Waals surface area (Å²) in [7, 11) is 9.06. The molecule has 286 valence electrons. The van der Waals surface area contributed by atoms with Crippen LogP contribution in [0.1, 0.15) is 88.1 Å². The van der Waals surface area contributed by atoms with Gasteiger partial charge in [-0.05, 0) is 108 Å². The van der Waals surface area contributed by atoms with Gasteiger partial charge in [-0.25, -0.2) is 14.4 Å². The third-order valence-electron chi connectivity index (χ3n) is 9.23. The number of ether oxygens (including phenoxy) is 9. The van der Waals surface area contributed by atoms with E-state index in [1.807, 2.05) is 25.7 Å². The number of carbonyl (C=O) groups is 3. The molecule has 0 atom stereocenters. The van der Waals surface area contributed by atoms with Crippen molar-refractivity contribution in [2.75, 3.05) is 42.7 Å².